The minimum Gasteiger partial charge on any atom is -0.395 e. The van der Waals surface area contributed by atoms with E-state index in [4.69, 9.17) is 5.11 Å². The maximum atomic E-state index is 12.1. The summed E-state index contributed by atoms with van der Waals surface area (Å²) in [5.74, 6) is -0.270. The quantitative estimate of drug-likeness (QED) is 0.431. The Morgan fingerprint density at radius 1 is 1.12 bits per heavy atom. The number of aliphatic hydroxyl groups excluding tert-OH is 1. The standard InChI is InChI=1S/C17H20N4O4/c1-12-4-2-3-5-14(12)20-17(23)11-19-16-10-13(21(24)25)6-7-15(16)18-8-9-22/h2-7,10,18-19,22H,8-9,11H2,1H3,(H,20,23). The third-order valence-corrected chi connectivity index (χ3v) is 3.50. The number of rotatable bonds is 8. The summed E-state index contributed by atoms with van der Waals surface area (Å²) in [5.41, 5.74) is 2.56. The van der Waals surface area contributed by atoms with Gasteiger partial charge in [-0.05, 0) is 24.6 Å². The maximum absolute atomic E-state index is 12.1. The minimum atomic E-state index is -0.506. The molecule has 0 aliphatic carbocycles. The van der Waals surface area contributed by atoms with E-state index >= 15 is 0 Å². The molecule has 132 valence electrons. The number of anilines is 3. The number of nitrogens with zero attached hydrogens (tertiary/aromatic N) is 1. The summed E-state index contributed by atoms with van der Waals surface area (Å²) in [5, 5.41) is 28.5. The summed E-state index contributed by atoms with van der Waals surface area (Å²) < 4.78 is 0. The predicted octanol–water partition coefficient (Wildman–Crippen LogP) is 2.36. The Hall–Kier alpha value is -3.13. The van der Waals surface area contributed by atoms with Gasteiger partial charge in [-0.1, -0.05) is 18.2 Å². The van der Waals surface area contributed by atoms with Crippen molar-refractivity contribution in [1.29, 1.82) is 0 Å². The van der Waals surface area contributed by atoms with Gasteiger partial charge in [0.2, 0.25) is 5.91 Å². The van der Waals surface area contributed by atoms with E-state index in [9.17, 15) is 14.9 Å². The summed E-state index contributed by atoms with van der Waals surface area (Å²) in [6.07, 6.45) is 0. The first-order chi connectivity index (χ1) is 12.0. The topological polar surface area (TPSA) is 117 Å². The molecule has 0 bridgehead atoms. The highest BCUT2D eigenvalue weighted by atomic mass is 16.6. The molecule has 0 atom stereocenters. The van der Waals surface area contributed by atoms with Gasteiger partial charge < -0.3 is 21.1 Å². The van der Waals surface area contributed by atoms with Crippen molar-refractivity contribution in [3.63, 3.8) is 0 Å². The molecule has 0 aliphatic rings. The number of nitrogens with one attached hydrogen (secondary N) is 3. The Morgan fingerprint density at radius 3 is 2.56 bits per heavy atom. The summed E-state index contributed by atoms with van der Waals surface area (Å²) >= 11 is 0. The van der Waals surface area contributed by atoms with Crippen LogP contribution in [-0.4, -0.2) is 35.6 Å². The predicted molar refractivity (Wildman–Crippen MR) is 97.0 cm³/mol. The van der Waals surface area contributed by atoms with Gasteiger partial charge in [0.15, 0.2) is 0 Å². The fourth-order valence-electron chi connectivity index (χ4n) is 2.22. The van der Waals surface area contributed by atoms with Gasteiger partial charge >= 0.3 is 0 Å². The number of nitro benzene ring substituents is 1. The monoisotopic (exact) mass is 344 g/mol. The van der Waals surface area contributed by atoms with Crippen LogP contribution in [0.15, 0.2) is 42.5 Å². The number of nitro groups is 1. The molecule has 2 aromatic rings. The summed E-state index contributed by atoms with van der Waals surface area (Å²) in [7, 11) is 0. The summed E-state index contributed by atoms with van der Waals surface area (Å²) in [6, 6.07) is 11.6. The number of benzene rings is 2. The number of aliphatic hydroxyl groups is 1. The number of para-hydroxylation sites is 1. The van der Waals surface area contributed by atoms with Crippen molar-refractivity contribution in [3.8, 4) is 0 Å². The molecule has 8 nitrogen and oxygen atoms in total. The van der Waals surface area contributed by atoms with E-state index in [-0.39, 0.29) is 24.7 Å². The van der Waals surface area contributed by atoms with Crippen LogP contribution in [0.5, 0.6) is 0 Å². The van der Waals surface area contributed by atoms with E-state index in [2.05, 4.69) is 16.0 Å². The summed E-state index contributed by atoms with van der Waals surface area (Å²) in [4.78, 5) is 22.5. The fourth-order valence-corrected chi connectivity index (χ4v) is 2.22. The van der Waals surface area contributed by atoms with E-state index in [1.165, 1.54) is 18.2 Å². The molecule has 0 radical (unpaired) electrons. The van der Waals surface area contributed by atoms with Gasteiger partial charge in [-0.15, -0.1) is 0 Å². The second-order valence-corrected chi connectivity index (χ2v) is 5.35. The lowest BCUT2D eigenvalue weighted by Gasteiger charge is -2.14. The molecule has 0 saturated heterocycles. The van der Waals surface area contributed by atoms with Crippen molar-refractivity contribution >= 4 is 28.7 Å². The van der Waals surface area contributed by atoms with E-state index in [0.717, 1.165) is 5.56 Å². The van der Waals surface area contributed by atoms with Crippen LogP contribution in [0.2, 0.25) is 0 Å². The molecule has 0 fully saturated rings. The second kappa shape index (κ2) is 8.65. The van der Waals surface area contributed by atoms with E-state index in [1.54, 1.807) is 6.07 Å². The average Bonchev–Trinajstić information content (AvgIpc) is 2.60. The number of carbonyl (C=O) groups excluding carboxylic acids is 1. The first kappa shape index (κ1) is 18.2. The van der Waals surface area contributed by atoms with Crippen molar-refractivity contribution in [2.24, 2.45) is 0 Å². The lowest BCUT2D eigenvalue weighted by molar-refractivity contribution is -0.384. The first-order valence-electron chi connectivity index (χ1n) is 7.74. The molecule has 0 unspecified atom stereocenters. The molecule has 0 heterocycles. The lowest BCUT2D eigenvalue weighted by atomic mass is 10.2. The van der Waals surface area contributed by atoms with Crippen LogP contribution in [0.25, 0.3) is 0 Å². The molecule has 0 aromatic heterocycles. The van der Waals surface area contributed by atoms with Crippen LogP contribution in [0.3, 0.4) is 0 Å². The minimum absolute atomic E-state index is 0.0523. The van der Waals surface area contributed by atoms with Crippen LogP contribution in [0.1, 0.15) is 5.56 Å². The lowest BCUT2D eigenvalue weighted by Crippen LogP contribution is -2.22. The third-order valence-electron chi connectivity index (χ3n) is 3.50. The fraction of sp³-hybridized carbons (Fsp3) is 0.235. The van der Waals surface area contributed by atoms with E-state index < -0.39 is 4.92 Å². The van der Waals surface area contributed by atoms with Gasteiger partial charge in [-0.3, -0.25) is 14.9 Å². The molecule has 2 rings (SSSR count). The molecule has 4 N–H and O–H groups in total. The molecule has 25 heavy (non-hydrogen) atoms. The maximum Gasteiger partial charge on any atom is 0.271 e. The van der Waals surface area contributed by atoms with Crippen molar-refractivity contribution in [1.82, 2.24) is 0 Å². The molecule has 0 spiro atoms. The van der Waals surface area contributed by atoms with Gasteiger partial charge in [0, 0.05) is 24.4 Å². The van der Waals surface area contributed by atoms with E-state index in [1.807, 2.05) is 25.1 Å². The van der Waals surface area contributed by atoms with Crippen molar-refractivity contribution in [3.05, 3.63) is 58.1 Å². The van der Waals surface area contributed by atoms with Crippen LogP contribution >= 0.6 is 0 Å². The van der Waals surface area contributed by atoms with Crippen molar-refractivity contribution in [2.75, 3.05) is 35.6 Å². The van der Waals surface area contributed by atoms with Gasteiger partial charge in [-0.25, -0.2) is 0 Å². The Bertz CT molecular complexity index is 764. The van der Waals surface area contributed by atoms with Crippen LogP contribution in [-0.2, 0) is 4.79 Å². The number of hydrogen-bond acceptors (Lipinski definition) is 6. The van der Waals surface area contributed by atoms with Gasteiger partial charge in [0.25, 0.3) is 5.69 Å². The number of aryl methyl sites for hydroxylation is 1. The van der Waals surface area contributed by atoms with Crippen LogP contribution in [0.4, 0.5) is 22.7 Å². The van der Waals surface area contributed by atoms with Gasteiger partial charge in [-0.2, -0.15) is 0 Å². The Balaban J connectivity index is 2.07. The molecule has 2 aromatic carbocycles. The Labute approximate surface area is 145 Å². The zero-order valence-corrected chi connectivity index (χ0v) is 13.8. The van der Waals surface area contributed by atoms with E-state index in [0.29, 0.717) is 23.6 Å². The molecule has 0 aliphatic heterocycles. The molecule has 0 saturated carbocycles. The second-order valence-electron chi connectivity index (χ2n) is 5.35. The molecule has 1 amide bonds. The number of carbonyl (C=O) groups is 1. The average molecular weight is 344 g/mol. The number of non-ortho nitro benzene ring substituents is 1. The van der Waals surface area contributed by atoms with Gasteiger partial charge in [0.05, 0.1) is 29.4 Å². The van der Waals surface area contributed by atoms with Crippen LogP contribution in [0, 0.1) is 17.0 Å². The molecular weight excluding hydrogens is 324 g/mol. The Kier molecular flexibility index (Phi) is 6.30. The van der Waals surface area contributed by atoms with Gasteiger partial charge in [0.1, 0.15) is 0 Å². The zero-order valence-electron chi connectivity index (χ0n) is 13.8. The highest BCUT2D eigenvalue weighted by Crippen LogP contribution is 2.26. The third kappa shape index (κ3) is 5.18. The SMILES string of the molecule is Cc1ccccc1NC(=O)CNc1cc([N+](=O)[O-])ccc1NCCO. The number of hydrogen-bond donors (Lipinski definition) is 4. The van der Waals surface area contributed by atoms with Crippen molar-refractivity contribution in [2.45, 2.75) is 6.92 Å². The largest absolute Gasteiger partial charge is 0.395 e. The van der Waals surface area contributed by atoms with Crippen LogP contribution < -0.4 is 16.0 Å². The highest BCUT2D eigenvalue weighted by Gasteiger charge is 2.12. The normalized spacial score (nSPS) is 10.2. The Morgan fingerprint density at radius 2 is 1.88 bits per heavy atom. The smallest absolute Gasteiger partial charge is 0.271 e. The number of amides is 1. The molecule has 8 heteroatoms. The zero-order chi connectivity index (χ0) is 18.2. The first-order valence-corrected chi connectivity index (χ1v) is 7.74. The molecular formula is C17H20N4O4. The highest BCUT2D eigenvalue weighted by molar-refractivity contribution is 5.95. The summed E-state index contributed by atoms with van der Waals surface area (Å²) in [6.45, 7) is 2.05. The van der Waals surface area contributed by atoms with Crippen molar-refractivity contribution < 1.29 is 14.8 Å².